The lowest BCUT2D eigenvalue weighted by atomic mass is 10.1. The minimum Gasteiger partial charge on any atom is -0.477 e. The topological polar surface area (TPSA) is 74.7 Å². The number of hydrogen-bond acceptors (Lipinski definition) is 4. The average Bonchev–Trinajstić information content (AvgIpc) is 2.01. The number of carbonyl (C=O) groups is 3. The molecule has 0 aromatic carbocycles. The Bertz CT molecular complexity index is 348. The van der Waals surface area contributed by atoms with Crippen LogP contribution in [-0.2, 0) is 14.4 Å². The smallest absolute Gasteiger partial charge is 0.352 e. The number of carboxylic acids is 1. The van der Waals surface area contributed by atoms with Crippen LogP contribution in [0.25, 0.3) is 0 Å². The molecule has 6 heteroatoms. The number of thioether (sulfide) groups is 1. The van der Waals surface area contributed by atoms with Crippen molar-refractivity contribution < 1.29 is 19.5 Å². The van der Waals surface area contributed by atoms with E-state index in [1.165, 1.54) is 0 Å². The van der Waals surface area contributed by atoms with E-state index in [-0.39, 0.29) is 28.5 Å². The predicted octanol–water partition coefficient (Wildman–Crippen LogP) is -0.213. The minimum atomic E-state index is -1.23. The molecule has 0 aromatic heterocycles. The zero-order chi connectivity index (χ0) is 9.59. The lowest BCUT2D eigenvalue weighted by Crippen LogP contribution is -2.53. The number of β-lactam (4-membered cyclic amide) rings is 1. The first-order chi connectivity index (χ1) is 6.09. The highest BCUT2D eigenvalue weighted by molar-refractivity contribution is 8.14. The quantitative estimate of drug-likeness (QED) is 0.591. The second-order valence-corrected chi connectivity index (χ2v) is 3.88. The minimum absolute atomic E-state index is 0.204. The molecular weight excluding hydrogens is 194 g/mol. The Morgan fingerprint density at radius 2 is 2.31 bits per heavy atom. The highest BCUT2D eigenvalue weighted by atomic mass is 32.2. The maximum atomic E-state index is 11.0. The van der Waals surface area contributed by atoms with Crippen molar-refractivity contribution in [1.29, 1.82) is 0 Å². The van der Waals surface area contributed by atoms with Crippen molar-refractivity contribution in [2.75, 3.05) is 0 Å². The summed E-state index contributed by atoms with van der Waals surface area (Å²) in [5, 5.41) is 8.08. The maximum absolute atomic E-state index is 11.0. The molecule has 0 saturated carbocycles. The molecule has 1 saturated heterocycles. The van der Waals surface area contributed by atoms with E-state index in [1.807, 2.05) is 0 Å². The first kappa shape index (κ1) is 8.31. The van der Waals surface area contributed by atoms with E-state index < -0.39 is 5.97 Å². The number of amides is 1. The highest BCUT2D eigenvalue weighted by Gasteiger charge is 2.45. The molecule has 5 nitrogen and oxygen atoms in total. The molecule has 0 bridgehead atoms. The Labute approximate surface area is 77.4 Å². The molecule has 1 atom stereocenters. The van der Waals surface area contributed by atoms with E-state index in [1.54, 1.807) is 0 Å². The highest BCUT2D eigenvalue weighted by Crippen LogP contribution is 2.37. The molecule has 68 valence electrons. The fourth-order valence-electron chi connectivity index (χ4n) is 1.29. The van der Waals surface area contributed by atoms with Gasteiger partial charge in [0.25, 0.3) is 0 Å². The second kappa shape index (κ2) is 2.59. The molecule has 2 aliphatic rings. The van der Waals surface area contributed by atoms with E-state index in [2.05, 4.69) is 0 Å². The summed E-state index contributed by atoms with van der Waals surface area (Å²) in [6.07, 6.45) is 1.24. The summed E-state index contributed by atoms with van der Waals surface area (Å²) in [4.78, 5) is 33.7. The van der Waals surface area contributed by atoms with Gasteiger partial charge in [0.1, 0.15) is 5.70 Å². The van der Waals surface area contributed by atoms with Crippen molar-refractivity contribution in [3.63, 3.8) is 0 Å². The Hall–Kier alpha value is -1.30. The molecule has 1 N–H and O–H groups in total. The molecule has 0 radical (unpaired) electrons. The molecule has 0 aromatic rings. The van der Waals surface area contributed by atoms with Crippen LogP contribution in [0.3, 0.4) is 0 Å². The van der Waals surface area contributed by atoms with Crippen LogP contribution >= 0.6 is 11.8 Å². The number of nitrogens with zero attached hydrogens (tertiary/aromatic N) is 1. The monoisotopic (exact) mass is 199 g/mol. The first-order valence-electron chi connectivity index (χ1n) is 3.57. The van der Waals surface area contributed by atoms with Crippen molar-refractivity contribution in [3.8, 4) is 0 Å². The second-order valence-electron chi connectivity index (χ2n) is 2.69. The van der Waals surface area contributed by atoms with Gasteiger partial charge in [-0.05, 0) is 0 Å². The molecule has 0 spiro atoms. The van der Waals surface area contributed by atoms with Gasteiger partial charge in [-0.25, -0.2) is 4.79 Å². The largest absolute Gasteiger partial charge is 0.477 e. The molecule has 2 rings (SSSR count). The standard InChI is InChI=1S/C7H5NO4S/c9-4-2-5-8(4)3(7(11)12)1-6(10)13-5/h1,5H,2H2,(H,11,12)/t5-/m1/s1. The molecule has 13 heavy (non-hydrogen) atoms. The van der Waals surface area contributed by atoms with Crippen LogP contribution in [0.2, 0.25) is 0 Å². The van der Waals surface area contributed by atoms with Crippen molar-refractivity contribution in [3.05, 3.63) is 11.8 Å². The van der Waals surface area contributed by atoms with Crippen LogP contribution in [0.5, 0.6) is 0 Å². The first-order valence-corrected chi connectivity index (χ1v) is 4.45. The van der Waals surface area contributed by atoms with Crippen LogP contribution in [-0.4, -0.2) is 32.4 Å². The Morgan fingerprint density at radius 1 is 1.62 bits per heavy atom. The number of fused-ring (bicyclic) bond motifs is 1. The van der Waals surface area contributed by atoms with Crippen LogP contribution in [0.1, 0.15) is 6.42 Å². The maximum Gasteiger partial charge on any atom is 0.352 e. The third-order valence-electron chi connectivity index (χ3n) is 1.89. The van der Waals surface area contributed by atoms with Gasteiger partial charge in [-0.1, -0.05) is 11.8 Å². The van der Waals surface area contributed by atoms with Crippen LogP contribution < -0.4 is 0 Å². The fourth-order valence-corrected chi connectivity index (χ4v) is 2.30. The molecule has 1 amide bonds. The number of rotatable bonds is 1. The molecule has 0 unspecified atom stereocenters. The van der Waals surface area contributed by atoms with Gasteiger partial charge in [0, 0.05) is 6.08 Å². The van der Waals surface area contributed by atoms with E-state index in [0.717, 1.165) is 22.7 Å². The number of hydrogen-bond donors (Lipinski definition) is 1. The third-order valence-corrected chi connectivity index (χ3v) is 2.89. The normalized spacial score (nSPS) is 26.3. The predicted molar refractivity (Wildman–Crippen MR) is 43.6 cm³/mol. The van der Waals surface area contributed by atoms with Gasteiger partial charge >= 0.3 is 5.97 Å². The summed E-state index contributed by atoms with van der Waals surface area (Å²) in [6.45, 7) is 0. The Balaban J connectivity index is 2.36. The number of aliphatic carboxylic acids is 1. The van der Waals surface area contributed by atoms with Gasteiger partial charge in [-0.2, -0.15) is 0 Å². The van der Waals surface area contributed by atoms with Crippen LogP contribution in [0.15, 0.2) is 11.8 Å². The molecule has 2 heterocycles. The summed E-state index contributed by atoms with van der Waals surface area (Å²) in [6, 6.07) is 0. The van der Waals surface area contributed by atoms with Gasteiger partial charge in [0.15, 0.2) is 0 Å². The lowest BCUT2D eigenvalue weighted by Gasteiger charge is -2.41. The van der Waals surface area contributed by atoms with E-state index in [9.17, 15) is 14.4 Å². The van der Waals surface area contributed by atoms with Gasteiger partial charge in [0.05, 0.1) is 11.8 Å². The molecule has 1 fully saturated rings. The summed E-state index contributed by atoms with van der Waals surface area (Å²) in [7, 11) is 0. The van der Waals surface area contributed by atoms with Crippen molar-refractivity contribution in [2.24, 2.45) is 0 Å². The average molecular weight is 199 g/mol. The van der Waals surface area contributed by atoms with Gasteiger partial charge in [-0.15, -0.1) is 0 Å². The van der Waals surface area contributed by atoms with Crippen LogP contribution in [0, 0.1) is 0 Å². The summed E-state index contributed by atoms with van der Waals surface area (Å²) >= 11 is 0.987. The SMILES string of the molecule is O=C1C=C(C(=O)O)N2C(=O)C[C@H]2S1. The molecule has 0 aliphatic carbocycles. The van der Waals surface area contributed by atoms with Crippen molar-refractivity contribution in [2.45, 2.75) is 11.8 Å². The van der Waals surface area contributed by atoms with Gasteiger partial charge in [0.2, 0.25) is 11.0 Å². The van der Waals surface area contributed by atoms with E-state index >= 15 is 0 Å². The van der Waals surface area contributed by atoms with Gasteiger partial charge in [-0.3, -0.25) is 14.5 Å². The third kappa shape index (κ3) is 1.14. The lowest BCUT2D eigenvalue weighted by molar-refractivity contribution is -0.146. The Morgan fingerprint density at radius 3 is 2.85 bits per heavy atom. The zero-order valence-corrected chi connectivity index (χ0v) is 7.21. The summed E-state index contributed by atoms with van der Waals surface area (Å²) < 4.78 is 0. The molecular formula is C7H5NO4S. The summed E-state index contributed by atoms with van der Waals surface area (Å²) in [5.74, 6) is -1.47. The van der Waals surface area contributed by atoms with E-state index in [4.69, 9.17) is 5.11 Å². The van der Waals surface area contributed by atoms with Gasteiger partial charge < -0.3 is 5.11 Å². The fraction of sp³-hybridized carbons (Fsp3) is 0.286. The summed E-state index contributed by atoms with van der Waals surface area (Å²) in [5.41, 5.74) is -0.204. The van der Waals surface area contributed by atoms with Crippen molar-refractivity contribution >= 4 is 28.8 Å². The zero-order valence-electron chi connectivity index (χ0n) is 6.39. The molecule has 2 aliphatic heterocycles. The Kier molecular flexibility index (Phi) is 1.66. The number of carboxylic acid groups (broad SMARTS) is 1. The van der Waals surface area contributed by atoms with E-state index in [0.29, 0.717) is 0 Å². The number of carbonyl (C=O) groups excluding carboxylic acids is 2. The van der Waals surface area contributed by atoms with Crippen molar-refractivity contribution in [1.82, 2.24) is 4.90 Å². The van der Waals surface area contributed by atoms with Crippen LogP contribution in [0.4, 0.5) is 0 Å².